The predicted octanol–water partition coefficient (Wildman–Crippen LogP) is 3.25. The Morgan fingerprint density at radius 2 is 2.00 bits per heavy atom. The molecule has 2 amide bonds. The SMILES string of the molecule is CC(C)(C)NC(=O)C1CCCCN1C(=O)c1cccc(Cl)c1. The minimum Gasteiger partial charge on any atom is -0.350 e. The fourth-order valence-electron chi connectivity index (χ4n) is 2.69. The number of piperidine rings is 1. The second kappa shape index (κ2) is 6.69. The van der Waals surface area contributed by atoms with Crippen LogP contribution < -0.4 is 5.32 Å². The average molecular weight is 323 g/mol. The first-order valence-electron chi connectivity index (χ1n) is 7.66. The minimum absolute atomic E-state index is 0.0809. The van der Waals surface area contributed by atoms with E-state index in [0.717, 1.165) is 12.8 Å². The highest BCUT2D eigenvalue weighted by Crippen LogP contribution is 2.22. The Morgan fingerprint density at radius 3 is 2.64 bits per heavy atom. The Bertz CT molecular complexity index is 566. The molecule has 1 aromatic rings. The summed E-state index contributed by atoms with van der Waals surface area (Å²) in [4.78, 5) is 26.9. The fraction of sp³-hybridized carbons (Fsp3) is 0.529. The Balaban J connectivity index is 2.19. The predicted molar refractivity (Wildman–Crippen MR) is 88.0 cm³/mol. The first kappa shape index (κ1) is 16.8. The minimum atomic E-state index is -0.403. The quantitative estimate of drug-likeness (QED) is 0.908. The van der Waals surface area contributed by atoms with E-state index in [0.29, 0.717) is 23.6 Å². The third kappa shape index (κ3) is 4.23. The van der Waals surface area contributed by atoms with Crippen molar-refractivity contribution >= 4 is 23.4 Å². The maximum atomic E-state index is 12.7. The summed E-state index contributed by atoms with van der Waals surface area (Å²) in [5.41, 5.74) is 0.224. The molecule has 1 aromatic carbocycles. The molecule has 1 N–H and O–H groups in total. The normalized spacial score (nSPS) is 18.9. The van der Waals surface area contributed by atoms with Crippen LogP contribution in [0.25, 0.3) is 0 Å². The lowest BCUT2D eigenvalue weighted by Crippen LogP contribution is -2.55. The zero-order valence-corrected chi connectivity index (χ0v) is 14.1. The van der Waals surface area contributed by atoms with E-state index in [1.807, 2.05) is 20.8 Å². The molecule has 1 saturated heterocycles. The standard InChI is InChI=1S/C17H23ClN2O2/c1-17(2,3)19-15(21)14-9-4-5-10-20(14)16(22)12-7-6-8-13(18)11-12/h6-8,11,14H,4-5,9-10H2,1-3H3,(H,19,21). The number of hydrogen-bond acceptors (Lipinski definition) is 2. The highest BCUT2D eigenvalue weighted by molar-refractivity contribution is 6.31. The highest BCUT2D eigenvalue weighted by atomic mass is 35.5. The van der Waals surface area contributed by atoms with Crippen LogP contribution in [0.4, 0.5) is 0 Å². The molecule has 0 aliphatic carbocycles. The first-order chi connectivity index (χ1) is 10.3. The first-order valence-corrected chi connectivity index (χ1v) is 8.04. The van der Waals surface area contributed by atoms with Crippen molar-refractivity contribution in [2.24, 2.45) is 0 Å². The Kier molecular flexibility index (Phi) is 5.12. The maximum Gasteiger partial charge on any atom is 0.254 e. The van der Waals surface area contributed by atoms with E-state index in [4.69, 9.17) is 11.6 Å². The van der Waals surface area contributed by atoms with Gasteiger partial charge >= 0.3 is 0 Å². The average Bonchev–Trinajstić information content (AvgIpc) is 2.44. The molecule has 0 saturated carbocycles. The van der Waals surface area contributed by atoms with Gasteiger partial charge in [0, 0.05) is 22.7 Å². The number of nitrogens with one attached hydrogen (secondary N) is 1. The number of amides is 2. The number of rotatable bonds is 2. The molecule has 0 spiro atoms. The maximum absolute atomic E-state index is 12.7. The summed E-state index contributed by atoms with van der Waals surface area (Å²) in [6, 6.07) is 6.47. The number of hydrogen-bond donors (Lipinski definition) is 1. The number of benzene rings is 1. The number of nitrogens with zero attached hydrogens (tertiary/aromatic N) is 1. The summed E-state index contributed by atoms with van der Waals surface area (Å²) in [7, 11) is 0. The van der Waals surface area contributed by atoms with Crippen LogP contribution in [0.2, 0.25) is 5.02 Å². The van der Waals surface area contributed by atoms with Crippen LogP contribution in [0.1, 0.15) is 50.4 Å². The summed E-state index contributed by atoms with van der Waals surface area (Å²) in [6.07, 6.45) is 2.58. The van der Waals surface area contributed by atoms with Crippen molar-refractivity contribution in [1.82, 2.24) is 10.2 Å². The fourth-order valence-corrected chi connectivity index (χ4v) is 2.88. The van der Waals surface area contributed by atoms with Crippen molar-refractivity contribution in [2.45, 2.75) is 51.6 Å². The van der Waals surface area contributed by atoms with Gasteiger partial charge in [-0.15, -0.1) is 0 Å². The van der Waals surface area contributed by atoms with E-state index in [-0.39, 0.29) is 17.4 Å². The molecule has 4 nitrogen and oxygen atoms in total. The molecule has 1 aliphatic rings. The number of carbonyl (C=O) groups is 2. The van der Waals surface area contributed by atoms with Crippen molar-refractivity contribution in [1.29, 1.82) is 0 Å². The van der Waals surface area contributed by atoms with Gasteiger partial charge in [0.05, 0.1) is 0 Å². The van der Waals surface area contributed by atoms with E-state index in [2.05, 4.69) is 5.32 Å². The van der Waals surface area contributed by atoms with Gasteiger partial charge in [-0.25, -0.2) is 0 Å². The van der Waals surface area contributed by atoms with Crippen LogP contribution in [0.3, 0.4) is 0 Å². The van der Waals surface area contributed by atoms with Crippen molar-refractivity contribution in [3.63, 3.8) is 0 Å². The summed E-state index contributed by atoms with van der Waals surface area (Å²) < 4.78 is 0. The van der Waals surface area contributed by atoms with Gasteiger partial charge in [0.15, 0.2) is 0 Å². The molecular weight excluding hydrogens is 300 g/mol. The van der Waals surface area contributed by atoms with E-state index < -0.39 is 6.04 Å². The Morgan fingerprint density at radius 1 is 1.27 bits per heavy atom. The molecule has 0 radical (unpaired) electrons. The molecule has 1 unspecified atom stereocenters. The van der Waals surface area contributed by atoms with Crippen molar-refractivity contribution < 1.29 is 9.59 Å². The van der Waals surface area contributed by atoms with Crippen LogP contribution in [0.15, 0.2) is 24.3 Å². The van der Waals surface area contributed by atoms with Gasteiger partial charge in [-0.1, -0.05) is 17.7 Å². The molecule has 1 fully saturated rings. The summed E-state index contributed by atoms with van der Waals surface area (Å²) in [5.74, 6) is -0.209. The van der Waals surface area contributed by atoms with Gasteiger partial charge in [0.2, 0.25) is 5.91 Å². The Labute approximate surface area is 136 Å². The number of likely N-dealkylation sites (tertiary alicyclic amines) is 1. The van der Waals surface area contributed by atoms with Crippen molar-refractivity contribution in [2.75, 3.05) is 6.54 Å². The molecule has 1 aliphatic heterocycles. The highest BCUT2D eigenvalue weighted by Gasteiger charge is 2.33. The molecule has 22 heavy (non-hydrogen) atoms. The van der Waals surface area contributed by atoms with Crippen molar-refractivity contribution in [3.8, 4) is 0 Å². The lowest BCUT2D eigenvalue weighted by Gasteiger charge is -2.36. The zero-order valence-electron chi connectivity index (χ0n) is 13.4. The van der Waals surface area contributed by atoms with Gasteiger partial charge in [-0.3, -0.25) is 9.59 Å². The summed E-state index contributed by atoms with van der Waals surface area (Å²) >= 11 is 5.96. The number of halogens is 1. The van der Waals surface area contributed by atoms with Crippen LogP contribution in [0, 0.1) is 0 Å². The third-order valence-corrected chi connectivity index (χ3v) is 3.87. The molecule has 1 heterocycles. The van der Waals surface area contributed by atoms with Crippen LogP contribution in [0.5, 0.6) is 0 Å². The lowest BCUT2D eigenvalue weighted by atomic mass is 9.98. The Hall–Kier alpha value is -1.55. The van der Waals surface area contributed by atoms with Crippen LogP contribution in [-0.2, 0) is 4.79 Å². The van der Waals surface area contributed by atoms with Gasteiger partial charge < -0.3 is 10.2 Å². The molecule has 1 atom stereocenters. The topological polar surface area (TPSA) is 49.4 Å². The van der Waals surface area contributed by atoms with E-state index in [1.54, 1.807) is 29.2 Å². The van der Waals surface area contributed by atoms with E-state index in [1.165, 1.54) is 0 Å². The van der Waals surface area contributed by atoms with Crippen LogP contribution in [-0.4, -0.2) is 34.8 Å². The van der Waals surface area contributed by atoms with Gasteiger partial charge in [-0.05, 0) is 58.2 Å². The van der Waals surface area contributed by atoms with E-state index >= 15 is 0 Å². The van der Waals surface area contributed by atoms with Gasteiger partial charge in [-0.2, -0.15) is 0 Å². The molecule has 5 heteroatoms. The van der Waals surface area contributed by atoms with Gasteiger partial charge in [0.25, 0.3) is 5.91 Å². The lowest BCUT2D eigenvalue weighted by molar-refractivity contribution is -0.128. The second-order valence-corrected chi connectivity index (χ2v) is 7.20. The van der Waals surface area contributed by atoms with Gasteiger partial charge in [0.1, 0.15) is 6.04 Å². The van der Waals surface area contributed by atoms with Crippen molar-refractivity contribution in [3.05, 3.63) is 34.9 Å². The third-order valence-electron chi connectivity index (χ3n) is 3.64. The summed E-state index contributed by atoms with van der Waals surface area (Å²) in [5, 5.41) is 3.50. The van der Waals surface area contributed by atoms with E-state index in [9.17, 15) is 9.59 Å². The summed E-state index contributed by atoms with van der Waals surface area (Å²) in [6.45, 7) is 6.43. The number of carbonyl (C=O) groups excluding carboxylic acids is 2. The molecule has 120 valence electrons. The molecular formula is C17H23ClN2O2. The zero-order chi connectivity index (χ0) is 16.3. The largest absolute Gasteiger partial charge is 0.350 e. The molecule has 0 aromatic heterocycles. The smallest absolute Gasteiger partial charge is 0.254 e. The molecule has 2 rings (SSSR count). The monoisotopic (exact) mass is 322 g/mol. The second-order valence-electron chi connectivity index (χ2n) is 6.76. The molecule has 0 bridgehead atoms. The van der Waals surface area contributed by atoms with Crippen LogP contribution >= 0.6 is 11.6 Å².